The fourth-order valence-electron chi connectivity index (χ4n) is 1.99. The van der Waals surface area contributed by atoms with Gasteiger partial charge >= 0.3 is 6.16 Å². The van der Waals surface area contributed by atoms with Crippen LogP contribution in [0.1, 0.15) is 29.7 Å². The summed E-state index contributed by atoms with van der Waals surface area (Å²) in [6.07, 6.45) is -0.895. The molecule has 0 aliphatic rings. The molecule has 1 atom stereocenters. The van der Waals surface area contributed by atoms with Gasteiger partial charge in [0.05, 0.1) is 0 Å². The standard InChI is InChI=1S/C16H16O3/c1-2-12-8-10-14(11-9-12)15(19-16(17)18)13-6-4-3-5-7-13/h3-11,15H,2H2,1H3,(H,17,18). The normalized spacial score (nSPS) is 11.8. The number of rotatable bonds is 4. The maximum atomic E-state index is 10.9. The van der Waals surface area contributed by atoms with E-state index in [0.29, 0.717) is 0 Å². The molecule has 0 saturated heterocycles. The molecule has 0 amide bonds. The predicted octanol–water partition coefficient (Wildman–Crippen LogP) is 4.03. The number of ether oxygens (including phenoxy) is 1. The van der Waals surface area contributed by atoms with Crippen molar-refractivity contribution in [1.82, 2.24) is 0 Å². The molecule has 0 spiro atoms. The van der Waals surface area contributed by atoms with Crippen molar-refractivity contribution >= 4 is 6.16 Å². The summed E-state index contributed by atoms with van der Waals surface area (Å²) in [6, 6.07) is 17.2. The molecule has 0 aliphatic carbocycles. The quantitative estimate of drug-likeness (QED) is 0.840. The van der Waals surface area contributed by atoms with E-state index >= 15 is 0 Å². The van der Waals surface area contributed by atoms with Crippen LogP contribution in [0.15, 0.2) is 54.6 Å². The van der Waals surface area contributed by atoms with Crippen LogP contribution < -0.4 is 0 Å². The first-order valence-electron chi connectivity index (χ1n) is 6.24. The van der Waals surface area contributed by atoms with Crippen molar-refractivity contribution in [2.24, 2.45) is 0 Å². The highest BCUT2D eigenvalue weighted by Gasteiger charge is 2.18. The van der Waals surface area contributed by atoms with Crippen LogP contribution in [0.2, 0.25) is 0 Å². The number of hydrogen-bond donors (Lipinski definition) is 1. The van der Waals surface area contributed by atoms with Gasteiger partial charge in [0.15, 0.2) is 6.10 Å². The lowest BCUT2D eigenvalue weighted by molar-refractivity contribution is 0.0663. The lowest BCUT2D eigenvalue weighted by atomic mass is 10.00. The van der Waals surface area contributed by atoms with Crippen LogP contribution in [0.4, 0.5) is 4.79 Å². The molecule has 19 heavy (non-hydrogen) atoms. The maximum absolute atomic E-state index is 10.9. The Kier molecular flexibility index (Phi) is 4.18. The van der Waals surface area contributed by atoms with Crippen molar-refractivity contribution in [3.8, 4) is 0 Å². The van der Waals surface area contributed by atoms with Gasteiger partial charge in [-0.1, -0.05) is 61.5 Å². The van der Waals surface area contributed by atoms with Gasteiger partial charge in [-0.3, -0.25) is 0 Å². The highest BCUT2D eigenvalue weighted by Crippen LogP contribution is 2.26. The Morgan fingerprint density at radius 3 is 2.16 bits per heavy atom. The van der Waals surface area contributed by atoms with Crippen molar-refractivity contribution in [1.29, 1.82) is 0 Å². The van der Waals surface area contributed by atoms with E-state index in [1.165, 1.54) is 5.56 Å². The molecule has 0 fully saturated rings. The fourth-order valence-corrected chi connectivity index (χ4v) is 1.99. The van der Waals surface area contributed by atoms with Crippen LogP contribution in [0.25, 0.3) is 0 Å². The minimum atomic E-state index is -1.27. The summed E-state index contributed by atoms with van der Waals surface area (Å²) in [4.78, 5) is 10.9. The monoisotopic (exact) mass is 256 g/mol. The van der Waals surface area contributed by atoms with E-state index < -0.39 is 12.3 Å². The Morgan fingerprint density at radius 1 is 1.05 bits per heavy atom. The number of carboxylic acid groups (broad SMARTS) is 1. The van der Waals surface area contributed by atoms with Crippen LogP contribution in [-0.2, 0) is 11.2 Å². The zero-order valence-electron chi connectivity index (χ0n) is 10.7. The Hall–Kier alpha value is -2.29. The molecule has 0 bridgehead atoms. The van der Waals surface area contributed by atoms with E-state index in [-0.39, 0.29) is 0 Å². The molecule has 0 saturated carbocycles. The largest absolute Gasteiger partial charge is 0.506 e. The molecule has 3 nitrogen and oxygen atoms in total. The molecule has 1 N–H and O–H groups in total. The molecular formula is C16H16O3. The third kappa shape index (κ3) is 3.35. The Bertz CT molecular complexity index is 532. The minimum Gasteiger partial charge on any atom is -0.450 e. The van der Waals surface area contributed by atoms with E-state index in [1.54, 1.807) is 0 Å². The predicted molar refractivity (Wildman–Crippen MR) is 73.2 cm³/mol. The minimum absolute atomic E-state index is 0.579. The zero-order valence-corrected chi connectivity index (χ0v) is 10.7. The molecule has 2 aromatic rings. The first-order valence-corrected chi connectivity index (χ1v) is 6.24. The first kappa shape index (κ1) is 13.1. The summed E-state index contributed by atoms with van der Waals surface area (Å²) < 4.78 is 5.01. The summed E-state index contributed by atoms with van der Waals surface area (Å²) in [5.74, 6) is 0. The second-order valence-electron chi connectivity index (χ2n) is 4.27. The number of carbonyl (C=O) groups is 1. The third-order valence-corrected chi connectivity index (χ3v) is 3.01. The van der Waals surface area contributed by atoms with Gasteiger partial charge in [0.1, 0.15) is 0 Å². The van der Waals surface area contributed by atoms with E-state index in [1.807, 2.05) is 54.6 Å². The summed E-state index contributed by atoms with van der Waals surface area (Å²) in [5.41, 5.74) is 2.88. The highest BCUT2D eigenvalue weighted by molar-refractivity contribution is 5.58. The Balaban J connectivity index is 2.34. The zero-order chi connectivity index (χ0) is 13.7. The number of hydrogen-bond acceptors (Lipinski definition) is 2. The molecular weight excluding hydrogens is 240 g/mol. The fraction of sp³-hybridized carbons (Fsp3) is 0.188. The second-order valence-corrected chi connectivity index (χ2v) is 4.27. The van der Waals surface area contributed by atoms with Crippen LogP contribution in [0.5, 0.6) is 0 Å². The van der Waals surface area contributed by atoms with E-state index in [4.69, 9.17) is 9.84 Å². The molecule has 3 heteroatoms. The van der Waals surface area contributed by atoms with Gasteiger partial charge in [-0.05, 0) is 23.1 Å². The lowest BCUT2D eigenvalue weighted by Gasteiger charge is -2.17. The average molecular weight is 256 g/mol. The molecule has 0 aromatic heterocycles. The van der Waals surface area contributed by atoms with Crippen molar-refractivity contribution in [2.45, 2.75) is 19.4 Å². The smallest absolute Gasteiger partial charge is 0.450 e. The van der Waals surface area contributed by atoms with Crippen molar-refractivity contribution < 1.29 is 14.6 Å². The Labute approximate surface area is 112 Å². The van der Waals surface area contributed by atoms with Crippen molar-refractivity contribution in [3.05, 3.63) is 71.3 Å². The van der Waals surface area contributed by atoms with Gasteiger partial charge < -0.3 is 9.84 Å². The van der Waals surface area contributed by atoms with Gasteiger partial charge in [0.2, 0.25) is 0 Å². The van der Waals surface area contributed by atoms with Crippen molar-refractivity contribution in [2.75, 3.05) is 0 Å². The molecule has 0 radical (unpaired) electrons. The first-order chi connectivity index (χ1) is 9.20. The van der Waals surface area contributed by atoms with Gasteiger partial charge in [0, 0.05) is 0 Å². The summed E-state index contributed by atoms with van der Waals surface area (Å²) in [6.45, 7) is 2.08. The Morgan fingerprint density at radius 2 is 1.63 bits per heavy atom. The number of aryl methyl sites for hydroxylation is 1. The van der Waals surface area contributed by atoms with Crippen LogP contribution in [-0.4, -0.2) is 11.3 Å². The van der Waals surface area contributed by atoms with Gasteiger partial charge in [-0.25, -0.2) is 4.79 Å². The van der Waals surface area contributed by atoms with Crippen molar-refractivity contribution in [3.63, 3.8) is 0 Å². The molecule has 2 rings (SSSR count). The van der Waals surface area contributed by atoms with Gasteiger partial charge in [0.25, 0.3) is 0 Å². The van der Waals surface area contributed by atoms with Crippen LogP contribution in [0.3, 0.4) is 0 Å². The highest BCUT2D eigenvalue weighted by atomic mass is 16.7. The molecule has 2 aromatic carbocycles. The van der Waals surface area contributed by atoms with Crippen LogP contribution >= 0.6 is 0 Å². The summed E-state index contributed by atoms with van der Waals surface area (Å²) in [5, 5.41) is 8.89. The summed E-state index contributed by atoms with van der Waals surface area (Å²) >= 11 is 0. The second kappa shape index (κ2) is 6.05. The molecule has 1 unspecified atom stereocenters. The summed E-state index contributed by atoms with van der Waals surface area (Å²) in [7, 11) is 0. The van der Waals surface area contributed by atoms with Crippen LogP contribution in [0, 0.1) is 0 Å². The molecule has 0 heterocycles. The van der Waals surface area contributed by atoms with E-state index in [2.05, 4.69) is 6.92 Å². The average Bonchev–Trinajstić information content (AvgIpc) is 2.46. The van der Waals surface area contributed by atoms with Gasteiger partial charge in [-0.2, -0.15) is 0 Å². The SMILES string of the molecule is CCc1ccc(C(OC(=O)O)c2ccccc2)cc1. The van der Waals surface area contributed by atoms with E-state index in [0.717, 1.165) is 17.5 Å². The topological polar surface area (TPSA) is 46.5 Å². The molecule has 98 valence electrons. The van der Waals surface area contributed by atoms with Gasteiger partial charge in [-0.15, -0.1) is 0 Å². The maximum Gasteiger partial charge on any atom is 0.506 e. The third-order valence-electron chi connectivity index (χ3n) is 3.01. The number of benzene rings is 2. The van der Waals surface area contributed by atoms with E-state index in [9.17, 15) is 4.79 Å². The lowest BCUT2D eigenvalue weighted by Crippen LogP contribution is -2.10. The molecule has 0 aliphatic heterocycles.